The van der Waals surface area contributed by atoms with Crippen molar-refractivity contribution in [2.24, 2.45) is 0 Å². The number of nitrogens with one attached hydrogen (secondary N) is 1. The van der Waals surface area contributed by atoms with E-state index in [0.717, 1.165) is 76.5 Å². The molecular formula is C18H31ClN4O. The van der Waals surface area contributed by atoms with Gasteiger partial charge >= 0.3 is 0 Å². The van der Waals surface area contributed by atoms with Crippen molar-refractivity contribution in [1.82, 2.24) is 19.8 Å². The quantitative estimate of drug-likeness (QED) is 0.790. The third kappa shape index (κ3) is 4.72. The van der Waals surface area contributed by atoms with E-state index in [4.69, 9.17) is 11.6 Å². The normalized spacial score (nSPS) is 26.3. The lowest BCUT2D eigenvalue weighted by Crippen LogP contribution is -2.46. The van der Waals surface area contributed by atoms with Gasteiger partial charge in [0.15, 0.2) is 5.15 Å². The maximum atomic E-state index is 10.9. The van der Waals surface area contributed by atoms with Crippen LogP contribution in [-0.4, -0.2) is 63.2 Å². The predicted octanol–water partition coefficient (Wildman–Crippen LogP) is 2.83. The number of aliphatic hydroxyl groups is 1. The molecule has 0 saturated carbocycles. The Balaban J connectivity index is 1.52. The smallest absolute Gasteiger partial charge is 0.151 e. The maximum absolute atomic E-state index is 10.9. The van der Waals surface area contributed by atoms with Crippen LogP contribution in [0.5, 0.6) is 0 Å². The first-order chi connectivity index (χ1) is 11.6. The summed E-state index contributed by atoms with van der Waals surface area (Å²) in [5, 5.41) is 11.5. The van der Waals surface area contributed by atoms with Gasteiger partial charge in [0.2, 0.25) is 0 Å². The second kappa shape index (κ2) is 8.17. The summed E-state index contributed by atoms with van der Waals surface area (Å²) < 4.78 is 0. The van der Waals surface area contributed by atoms with Crippen LogP contribution in [0.15, 0.2) is 0 Å². The van der Waals surface area contributed by atoms with Crippen molar-refractivity contribution < 1.29 is 5.11 Å². The predicted molar refractivity (Wildman–Crippen MR) is 97.3 cm³/mol. The fourth-order valence-corrected chi connectivity index (χ4v) is 4.18. The van der Waals surface area contributed by atoms with Crippen LogP contribution in [0.2, 0.25) is 5.15 Å². The standard InChI is InChI=1S/C18H31ClN4O/c1-2-3-7-16-20-15(17(19)21-16)12-23-11-8-18(24,14-23)13-22-9-5-4-6-10-22/h24H,2-14H2,1H3,(H,20,21)/t18-/m1/s1. The van der Waals surface area contributed by atoms with Crippen LogP contribution in [0.3, 0.4) is 0 Å². The van der Waals surface area contributed by atoms with Crippen molar-refractivity contribution in [3.63, 3.8) is 0 Å². The molecule has 3 heterocycles. The topological polar surface area (TPSA) is 55.4 Å². The Morgan fingerprint density at radius 1 is 1.21 bits per heavy atom. The number of H-pyrrole nitrogens is 1. The third-order valence-electron chi connectivity index (χ3n) is 5.30. The Hall–Kier alpha value is -0.620. The molecule has 6 heteroatoms. The highest BCUT2D eigenvalue weighted by Crippen LogP contribution is 2.26. The zero-order valence-corrected chi connectivity index (χ0v) is 15.6. The molecule has 0 spiro atoms. The summed E-state index contributed by atoms with van der Waals surface area (Å²) in [5.74, 6) is 0.986. The fraction of sp³-hybridized carbons (Fsp3) is 0.833. The molecule has 1 aromatic heterocycles. The molecule has 0 aliphatic carbocycles. The Morgan fingerprint density at radius 3 is 2.75 bits per heavy atom. The lowest BCUT2D eigenvalue weighted by atomic mass is 10.0. The van der Waals surface area contributed by atoms with E-state index >= 15 is 0 Å². The van der Waals surface area contributed by atoms with Gasteiger partial charge < -0.3 is 15.0 Å². The minimum atomic E-state index is -0.575. The van der Waals surface area contributed by atoms with E-state index in [-0.39, 0.29) is 0 Å². The zero-order valence-electron chi connectivity index (χ0n) is 14.9. The number of unbranched alkanes of at least 4 members (excludes halogenated alkanes) is 1. The molecule has 5 nitrogen and oxygen atoms in total. The number of hydrogen-bond donors (Lipinski definition) is 2. The van der Waals surface area contributed by atoms with Crippen molar-refractivity contribution >= 4 is 11.6 Å². The number of rotatable bonds is 7. The van der Waals surface area contributed by atoms with Crippen molar-refractivity contribution in [2.45, 2.75) is 64.0 Å². The molecule has 2 N–H and O–H groups in total. The van der Waals surface area contributed by atoms with Crippen molar-refractivity contribution in [3.05, 3.63) is 16.7 Å². The lowest BCUT2D eigenvalue weighted by molar-refractivity contribution is 0.00628. The minimum Gasteiger partial charge on any atom is -0.387 e. The average molecular weight is 355 g/mol. The van der Waals surface area contributed by atoms with Gasteiger partial charge in [0.05, 0.1) is 11.3 Å². The van der Waals surface area contributed by atoms with E-state index in [2.05, 4.69) is 26.7 Å². The van der Waals surface area contributed by atoms with Gasteiger partial charge in [0.25, 0.3) is 0 Å². The van der Waals surface area contributed by atoms with Crippen LogP contribution in [0.1, 0.15) is 57.0 Å². The molecular weight excluding hydrogens is 324 g/mol. The Kier molecular flexibility index (Phi) is 6.19. The van der Waals surface area contributed by atoms with E-state index in [1.165, 1.54) is 19.3 Å². The Labute approximate surface area is 150 Å². The van der Waals surface area contributed by atoms with Gasteiger partial charge in [-0.15, -0.1) is 0 Å². The van der Waals surface area contributed by atoms with Crippen LogP contribution in [0, 0.1) is 0 Å². The fourth-order valence-electron chi connectivity index (χ4n) is 3.97. The molecule has 2 aliphatic heterocycles. The number of β-amino-alcohol motifs (C(OH)–C–C–N with tert-alkyl or cyclic N) is 1. The van der Waals surface area contributed by atoms with Gasteiger partial charge in [-0.3, -0.25) is 4.90 Å². The van der Waals surface area contributed by atoms with Crippen LogP contribution in [0.25, 0.3) is 0 Å². The largest absolute Gasteiger partial charge is 0.387 e. The van der Waals surface area contributed by atoms with E-state index in [9.17, 15) is 5.11 Å². The summed E-state index contributed by atoms with van der Waals surface area (Å²) in [4.78, 5) is 12.5. The van der Waals surface area contributed by atoms with Gasteiger partial charge in [-0.1, -0.05) is 31.4 Å². The van der Waals surface area contributed by atoms with Crippen LogP contribution in [-0.2, 0) is 13.0 Å². The van der Waals surface area contributed by atoms with Crippen LogP contribution < -0.4 is 0 Å². The van der Waals surface area contributed by atoms with E-state index < -0.39 is 5.60 Å². The maximum Gasteiger partial charge on any atom is 0.151 e. The van der Waals surface area contributed by atoms with Gasteiger partial charge in [-0.25, -0.2) is 4.98 Å². The molecule has 0 amide bonds. The number of hydrogen-bond acceptors (Lipinski definition) is 4. The Morgan fingerprint density at radius 2 is 2.00 bits per heavy atom. The van der Waals surface area contributed by atoms with E-state index in [1.807, 2.05) is 0 Å². The van der Waals surface area contributed by atoms with E-state index in [1.54, 1.807) is 0 Å². The number of nitrogens with zero attached hydrogens (tertiary/aromatic N) is 3. The summed E-state index contributed by atoms with van der Waals surface area (Å²) in [6.45, 7) is 7.65. The highest BCUT2D eigenvalue weighted by molar-refractivity contribution is 6.30. The summed E-state index contributed by atoms with van der Waals surface area (Å²) >= 11 is 6.29. The minimum absolute atomic E-state index is 0.575. The molecule has 24 heavy (non-hydrogen) atoms. The highest BCUT2D eigenvalue weighted by Gasteiger charge is 2.38. The molecule has 1 aromatic rings. The van der Waals surface area contributed by atoms with Crippen molar-refractivity contribution in [3.8, 4) is 0 Å². The van der Waals surface area contributed by atoms with E-state index in [0.29, 0.717) is 5.15 Å². The molecule has 136 valence electrons. The number of aromatic amines is 1. The van der Waals surface area contributed by atoms with Gasteiger partial charge in [-0.2, -0.15) is 0 Å². The van der Waals surface area contributed by atoms with Crippen LogP contribution in [0.4, 0.5) is 0 Å². The zero-order chi connectivity index (χ0) is 17.0. The number of imidazole rings is 1. The second-order valence-corrected chi connectivity index (χ2v) is 7.94. The molecule has 0 unspecified atom stereocenters. The molecule has 0 radical (unpaired) electrons. The molecule has 0 bridgehead atoms. The monoisotopic (exact) mass is 354 g/mol. The van der Waals surface area contributed by atoms with Gasteiger partial charge in [0, 0.05) is 32.6 Å². The number of piperidine rings is 1. The molecule has 0 aromatic carbocycles. The summed E-state index contributed by atoms with van der Waals surface area (Å²) in [6.07, 6.45) is 7.95. The summed E-state index contributed by atoms with van der Waals surface area (Å²) in [7, 11) is 0. The summed E-state index contributed by atoms with van der Waals surface area (Å²) in [5.41, 5.74) is 0.416. The van der Waals surface area contributed by atoms with Crippen molar-refractivity contribution in [2.75, 3.05) is 32.7 Å². The van der Waals surface area contributed by atoms with Crippen molar-refractivity contribution in [1.29, 1.82) is 0 Å². The first-order valence-electron chi connectivity index (χ1n) is 9.48. The van der Waals surface area contributed by atoms with Crippen LogP contribution >= 0.6 is 11.6 Å². The highest BCUT2D eigenvalue weighted by atomic mass is 35.5. The van der Waals surface area contributed by atoms with Gasteiger partial charge in [0.1, 0.15) is 5.82 Å². The second-order valence-electron chi connectivity index (χ2n) is 7.58. The van der Waals surface area contributed by atoms with Gasteiger partial charge in [-0.05, 0) is 38.8 Å². The first kappa shape index (κ1) is 18.2. The number of aromatic nitrogens is 2. The molecule has 1 atom stereocenters. The SMILES string of the molecule is CCCCc1nc(Cl)c(CN2CC[C@@](O)(CN3CCCCC3)C2)[nH]1. The molecule has 2 aliphatic rings. The number of likely N-dealkylation sites (tertiary alicyclic amines) is 2. The average Bonchev–Trinajstić information content (AvgIpc) is 3.10. The lowest BCUT2D eigenvalue weighted by Gasteiger charge is -2.33. The first-order valence-corrected chi connectivity index (χ1v) is 9.86. The molecule has 2 fully saturated rings. The Bertz CT molecular complexity index is 529. The third-order valence-corrected chi connectivity index (χ3v) is 5.62. The molecule has 3 rings (SSSR count). The molecule has 2 saturated heterocycles. The number of aryl methyl sites for hydroxylation is 1. The number of halogens is 1. The summed E-state index contributed by atoms with van der Waals surface area (Å²) in [6, 6.07) is 0.